The van der Waals surface area contributed by atoms with E-state index in [-0.39, 0.29) is 11.8 Å². The molecule has 6 heteroatoms. The third-order valence-electron chi connectivity index (χ3n) is 3.77. The summed E-state index contributed by atoms with van der Waals surface area (Å²) in [7, 11) is 0. The van der Waals surface area contributed by atoms with Crippen LogP contribution in [0.4, 0.5) is 5.69 Å². The molecule has 0 radical (unpaired) electrons. The van der Waals surface area contributed by atoms with Crippen molar-refractivity contribution in [2.75, 3.05) is 11.9 Å². The van der Waals surface area contributed by atoms with E-state index in [0.717, 1.165) is 28.0 Å². The normalized spacial score (nSPS) is 16.8. The number of hydrogen-bond acceptors (Lipinski definition) is 5. The van der Waals surface area contributed by atoms with E-state index in [1.165, 1.54) is 11.7 Å². The molecule has 110 valence electrons. The van der Waals surface area contributed by atoms with Crippen molar-refractivity contribution >= 4 is 34.4 Å². The van der Waals surface area contributed by atoms with Gasteiger partial charge in [0.15, 0.2) is 0 Å². The zero-order chi connectivity index (χ0) is 14.9. The number of fused-ring (bicyclic) bond motifs is 2. The van der Waals surface area contributed by atoms with Crippen molar-refractivity contribution in [1.82, 2.24) is 8.75 Å². The van der Waals surface area contributed by atoms with Crippen LogP contribution in [0.2, 0.25) is 0 Å². The van der Waals surface area contributed by atoms with E-state index in [4.69, 9.17) is 4.74 Å². The molecule has 1 amide bonds. The zero-order valence-electron chi connectivity index (χ0n) is 11.7. The number of carbonyl (C=O) groups excluding carboxylic acids is 1. The third-order valence-corrected chi connectivity index (χ3v) is 4.33. The molecular formula is C16H13N3O2S. The first-order chi connectivity index (χ1) is 10.8. The second-order valence-corrected chi connectivity index (χ2v) is 5.81. The van der Waals surface area contributed by atoms with Crippen LogP contribution in [0.5, 0.6) is 5.75 Å². The highest BCUT2D eigenvalue weighted by molar-refractivity contribution is 7.00. The summed E-state index contributed by atoms with van der Waals surface area (Å²) in [5.41, 5.74) is 3.46. The van der Waals surface area contributed by atoms with E-state index in [2.05, 4.69) is 14.1 Å². The van der Waals surface area contributed by atoms with Crippen LogP contribution in [-0.4, -0.2) is 21.3 Å². The molecule has 0 saturated heterocycles. The topological polar surface area (TPSA) is 64.1 Å². The predicted octanol–water partition coefficient (Wildman–Crippen LogP) is 2.88. The molecule has 0 aliphatic carbocycles. The first kappa shape index (κ1) is 13.2. The van der Waals surface area contributed by atoms with Crippen LogP contribution < -0.4 is 10.1 Å². The standard InChI is InChI=1S/C16H13N3O2S/c20-16(11-7-10-3-1-2-4-15(10)21-9-11)17-12-5-6-13-14(8-12)19-22-18-13/h1-6,8,11H,7,9H2,(H,17,20). The molecule has 1 N–H and O–H groups in total. The molecule has 1 atom stereocenters. The SMILES string of the molecule is O=C(Nc1ccc2nsnc2c1)C1COc2ccccc2C1. The maximum atomic E-state index is 12.4. The summed E-state index contributed by atoms with van der Waals surface area (Å²) in [5, 5.41) is 2.94. The number of para-hydroxylation sites is 1. The summed E-state index contributed by atoms with van der Waals surface area (Å²) in [6.45, 7) is 0.406. The minimum atomic E-state index is -0.181. The lowest BCUT2D eigenvalue weighted by molar-refractivity contribution is -0.121. The Kier molecular flexibility index (Phi) is 3.23. The Morgan fingerprint density at radius 3 is 3.00 bits per heavy atom. The van der Waals surface area contributed by atoms with Gasteiger partial charge in [-0.25, -0.2) is 0 Å². The van der Waals surface area contributed by atoms with Gasteiger partial charge in [0.1, 0.15) is 23.4 Å². The average molecular weight is 311 g/mol. The largest absolute Gasteiger partial charge is 0.492 e. The molecule has 0 saturated carbocycles. The number of nitrogens with zero attached hydrogens (tertiary/aromatic N) is 2. The van der Waals surface area contributed by atoms with Crippen LogP contribution in [0.3, 0.4) is 0 Å². The van der Waals surface area contributed by atoms with Gasteiger partial charge < -0.3 is 10.1 Å². The zero-order valence-corrected chi connectivity index (χ0v) is 12.5. The van der Waals surface area contributed by atoms with Crippen molar-refractivity contribution in [3.05, 3.63) is 48.0 Å². The summed E-state index contributed by atoms with van der Waals surface area (Å²) >= 11 is 1.17. The molecule has 1 aliphatic heterocycles. The number of nitrogens with one attached hydrogen (secondary N) is 1. The molecule has 4 rings (SSSR count). The summed E-state index contributed by atoms with van der Waals surface area (Å²) in [6, 6.07) is 13.4. The highest BCUT2D eigenvalue weighted by atomic mass is 32.1. The maximum Gasteiger partial charge on any atom is 0.231 e. The second kappa shape index (κ2) is 5.38. The van der Waals surface area contributed by atoms with E-state index in [9.17, 15) is 4.79 Å². The molecule has 0 fully saturated rings. The van der Waals surface area contributed by atoms with Crippen molar-refractivity contribution < 1.29 is 9.53 Å². The van der Waals surface area contributed by atoms with Gasteiger partial charge >= 0.3 is 0 Å². The molecule has 5 nitrogen and oxygen atoms in total. The van der Waals surface area contributed by atoms with Gasteiger partial charge in [-0.3, -0.25) is 4.79 Å². The second-order valence-electron chi connectivity index (χ2n) is 5.28. The fraction of sp³-hybridized carbons (Fsp3) is 0.188. The molecule has 0 bridgehead atoms. The average Bonchev–Trinajstić information content (AvgIpc) is 3.02. The van der Waals surface area contributed by atoms with Crippen molar-refractivity contribution in [3.8, 4) is 5.75 Å². The molecule has 3 aromatic rings. The van der Waals surface area contributed by atoms with E-state index in [0.29, 0.717) is 13.0 Å². The number of benzene rings is 2. The van der Waals surface area contributed by atoms with Crippen molar-refractivity contribution in [2.24, 2.45) is 5.92 Å². The van der Waals surface area contributed by atoms with Gasteiger partial charge in [-0.2, -0.15) is 8.75 Å². The molecule has 1 unspecified atom stereocenters. The van der Waals surface area contributed by atoms with E-state index < -0.39 is 0 Å². The lowest BCUT2D eigenvalue weighted by Gasteiger charge is -2.24. The number of ether oxygens (including phenoxy) is 1. The van der Waals surface area contributed by atoms with Crippen LogP contribution in [-0.2, 0) is 11.2 Å². The quantitative estimate of drug-likeness (QED) is 0.790. The number of amides is 1. The molecular weight excluding hydrogens is 298 g/mol. The predicted molar refractivity (Wildman–Crippen MR) is 85.2 cm³/mol. The summed E-state index contributed by atoms with van der Waals surface area (Å²) in [4.78, 5) is 12.4. The Hall–Kier alpha value is -2.47. The monoisotopic (exact) mass is 311 g/mol. The Labute approximate surface area is 131 Å². The fourth-order valence-corrected chi connectivity index (χ4v) is 3.12. The van der Waals surface area contributed by atoms with Gasteiger partial charge in [-0.05, 0) is 36.2 Å². The van der Waals surface area contributed by atoms with Crippen LogP contribution >= 0.6 is 11.7 Å². The number of rotatable bonds is 2. The maximum absolute atomic E-state index is 12.4. The number of hydrogen-bond donors (Lipinski definition) is 1. The first-order valence-corrected chi connectivity index (χ1v) is 7.76. The van der Waals surface area contributed by atoms with Crippen molar-refractivity contribution in [1.29, 1.82) is 0 Å². The highest BCUT2D eigenvalue weighted by Gasteiger charge is 2.25. The molecule has 2 heterocycles. The lowest BCUT2D eigenvalue weighted by atomic mass is 9.96. The van der Waals surface area contributed by atoms with Crippen LogP contribution in [0.1, 0.15) is 5.56 Å². The van der Waals surface area contributed by atoms with Gasteiger partial charge in [0, 0.05) is 5.69 Å². The lowest BCUT2D eigenvalue weighted by Crippen LogP contribution is -2.32. The Balaban J connectivity index is 1.50. The molecule has 0 spiro atoms. The summed E-state index contributed by atoms with van der Waals surface area (Å²) in [5.74, 6) is 0.665. The molecule has 22 heavy (non-hydrogen) atoms. The molecule has 1 aromatic heterocycles. The first-order valence-electron chi connectivity index (χ1n) is 7.03. The Morgan fingerprint density at radius 1 is 1.18 bits per heavy atom. The fourth-order valence-electron chi connectivity index (χ4n) is 2.60. The number of anilines is 1. The van der Waals surface area contributed by atoms with Crippen LogP contribution in [0.25, 0.3) is 11.0 Å². The van der Waals surface area contributed by atoms with E-state index in [1.807, 2.05) is 42.5 Å². The van der Waals surface area contributed by atoms with Gasteiger partial charge in [0.25, 0.3) is 0 Å². The van der Waals surface area contributed by atoms with Crippen molar-refractivity contribution in [2.45, 2.75) is 6.42 Å². The summed E-state index contributed by atoms with van der Waals surface area (Å²) in [6.07, 6.45) is 0.697. The van der Waals surface area contributed by atoms with Gasteiger partial charge in [-0.15, -0.1) is 0 Å². The third kappa shape index (κ3) is 2.42. The Bertz CT molecular complexity index is 846. The summed E-state index contributed by atoms with van der Waals surface area (Å²) < 4.78 is 14.0. The van der Waals surface area contributed by atoms with Crippen molar-refractivity contribution in [3.63, 3.8) is 0 Å². The number of aromatic nitrogens is 2. The minimum Gasteiger partial charge on any atom is -0.492 e. The van der Waals surface area contributed by atoms with E-state index in [1.54, 1.807) is 0 Å². The van der Waals surface area contributed by atoms with Crippen LogP contribution in [0.15, 0.2) is 42.5 Å². The minimum absolute atomic E-state index is 0.0305. The molecule has 2 aromatic carbocycles. The molecule has 1 aliphatic rings. The highest BCUT2D eigenvalue weighted by Crippen LogP contribution is 2.27. The van der Waals surface area contributed by atoms with Gasteiger partial charge in [-0.1, -0.05) is 18.2 Å². The smallest absolute Gasteiger partial charge is 0.231 e. The Morgan fingerprint density at radius 2 is 2.05 bits per heavy atom. The van der Waals surface area contributed by atoms with E-state index >= 15 is 0 Å². The van der Waals surface area contributed by atoms with Crippen LogP contribution in [0, 0.1) is 5.92 Å². The number of carbonyl (C=O) groups is 1. The van der Waals surface area contributed by atoms with Gasteiger partial charge in [0.2, 0.25) is 5.91 Å². The van der Waals surface area contributed by atoms with Gasteiger partial charge in [0.05, 0.1) is 17.6 Å².